The average Bonchev–Trinajstić information content (AvgIpc) is 2.99. The molecule has 0 spiro atoms. The summed E-state index contributed by atoms with van der Waals surface area (Å²) >= 11 is 13.0. The number of nitrogens with zero attached hydrogens (tertiary/aromatic N) is 1. The number of amides is 3. The summed E-state index contributed by atoms with van der Waals surface area (Å²) in [6.07, 6.45) is 1.67. The van der Waals surface area contributed by atoms with Gasteiger partial charge in [-0.1, -0.05) is 41.4 Å². The maximum atomic E-state index is 12.5. The van der Waals surface area contributed by atoms with Gasteiger partial charge in [0.1, 0.15) is 5.75 Å². The number of carbonyl (C=O) groups excluding carboxylic acids is 3. The molecule has 3 rings (SSSR count). The second-order valence-electron chi connectivity index (χ2n) is 6.33. The third-order valence-corrected chi connectivity index (χ3v) is 5.96. The van der Waals surface area contributed by atoms with Gasteiger partial charge in [0.2, 0.25) is 5.91 Å². The zero-order valence-electron chi connectivity index (χ0n) is 16.0. The molecule has 0 saturated carbocycles. The molecule has 2 aromatic rings. The van der Waals surface area contributed by atoms with Gasteiger partial charge in [-0.2, -0.15) is 0 Å². The number of hydrogen-bond donors (Lipinski definition) is 1. The zero-order valence-corrected chi connectivity index (χ0v) is 18.3. The van der Waals surface area contributed by atoms with Crippen LogP contribution in [0.4, 0.5) is 4.79 Å². The highest BCUT2D eigenvalue weighted by Crippen LogP contribution is 2.32. The Hall–Kier alpha value is -2.48. The lowest BCUT2D eigenvalue weighted by molar-refractivity contribution is -0.124. The van der Waals surface area contributed by atoms with Crippen molar-refractivity contribution in [2.24, 2.45) is 0 Å². The molecule has 1 saturated heterocycles. The second kappa shape index (κ2) is 10.0. The van der Waals surface area contributed by atoms with Gasteiger partial charge < -0.3 is 10.1 Å². The fraction of sp³-hybridized carbons (Fsp3) is 0.190. The van der Waals surface area contributed by atoms with Crippen molar-refractivity contribution in [3.8, 4) is 5.75 Å². The Balaban J connectivity index is 1.55. The van der Waals surface area contributed by atoms with Crippen LogP contribution < -0.4 is 10.1 Å². The summed E-state index contributed by atoms with van der Waals surface area (Å²) in [7, 11) is 1.57. The fourth-order valence-electron chi connectivity index (χ4n) is 2.78. The van der Waals surface area contributed by atoms with Crippen molar-refractivity contribution < 1.29 is 19.1 Å². The molecule has 0 unspecified atom stereocenters. The van der Waals surface area contributed by atoms with Crippen LogP contribution in [0.2, 0.25) is 10.0 Å². The number of methoxy groups -OCH3 is 1. The summed E-state index contributed by atoms with van der Waals surface area (Å²) in [4.78, 5) is 38.4. The van der Waals surface area contributed by atoms with E-state index in [0.29, 0.717) is 26.3 Å². The number of halogens is 2. The first-order chi connectivity index (χ1) is 14.4. The third kappa shape index (κ3) is 5.36. The third-order valence-electron chi connectivity index (χ3n) is 4.34. The van der Waals surface area contributed by atoms with E-state index in [-0.39, 0.29) is 36.6 Å². The minimum atomic E-state index is -0.385. The van der Waals surface area contributed by atoms with E-state index in [4.69, 9.17) is 27.9 Å². The number of hydrogen-bond acceptors (Lipinski definition) is 5. The molecule has 0 aromatic heterocycles. The number of nitrogens with one attached hydrogen (secondary N) is 1. The van der Waals surface area contributed by atoms with E-state index in [9.17, 15) is 14.4 Å². The Bertz CT molecular complexity index is 988. The Labute approximate surface area is 188 Å². The van der Waals surface area contributed by atoms with Crippen LogP contribution in [0.3, 0.4) is 0 Å². The Morgan fingerprint density at radius 2 is 1.80 bits per heavy atom. The Morgan fingerprint density at radius 3 is 2.43 bits per heavy atom. The lowest BCUT2D eigenvalue weighted by Gasteiger charge is -2.13. The maximum Gasteiger partial charge on any atom is 0.293 e. The van der Waals surface area contributed by atoms with Crippen LogP contribution in [0.15, 0.2) is 47.4 Å². The number of imide groups is 1. The molecule has 0 bridgehead atoms. The minimum absolute atomic E-state index is 0.0117. The predicted octanol–water partition coefficient (Wildman–Crippen LogP) is 4.40. The first-order valence-corrected chi connectivity index (χ1v) is 10.6. The number of benzene rings is 2. The van der Waals surface area contributed by atoms with E-state index in [1.54, 1.807) is 55.7 Å². The fourth-order valence-corrected chi connectivity index (χ4v) is 4.17. The number of ether oxygens (including phenoxy) is 1. The molecule has 0 atom stereocenters. The van der Waals surface area contributed by atoms with Gasteiger partial charge in [0.25, 0.3) is 11.1 Å². The van der Waals surface area contributed by atoms with E-state index in [1.165, 1.54) is 0 Å². The van der Waals surface area contributed by atoms with Crippen molar-refractivity contribution in [2.75, 3.05) is 20.2 Å². The van der Waals surface area contributed by atoms with Crippen molar-refractivity contribution in [2.45, 2.75) is 6.42 Å². The van der Waals surface area contributed by atoms with E-state index in [1.807, 2.05) is 0 Å². The van der Waals surface area contributed by atoms with Crippen LogP contribution >= 0.6 is 35.0 Å². The number of rotatable bonds is 7. The zero-order chi connectivity index (χ0) is 21.7. The van der Waals surface area contributed by atoms with Gasteiger partial charge in [0.15, 0.2) is 0 Å². The summed E-state index contributed by atoms with van der Waals surface area (Å²) in [6.45, 7) is 0.210. The number of thioether (sulfide) groups is 1. The van der Waals surface area contributed by atoms with E-state index in [0.717, 1.165) is 22.2 Å². The van der Waals surface area contributed by atoms with Gasteiger partial charge in [-0.25, -0.2) is 0 Å². The molecular weight excluding hydrogens is 447 g/mol. The topological polar surface area (TPSA) is 75.7 Å². The molecule has 1 aliphatic heterocycles. The molecular formula is C21H18Cl2N2O4S. The second-order valence-corrected chi connectivity index (χ2v) is 8.14. The molecule has 156 valence electrons. The molecule has 0 aliphatic carbocycles. The van der Waals surface area contributed by atoms with Crippen molar-refractivity contribution in [1.29, 1.82) is 0 Å². The molecule has 1 heterocycles. The van der Waals surface area contributed by atoms with Crippen LogP contribution in [-0.2, 0) is 16.0 Å². The molecule has 1 N–H and O–H groups in total. The highest BCUT2D eigenvalue weighted by atomic mass is 35.5. The van der Waals surface area contributed by atoms with E-state index < -0.39 is 0 Å². The highest BCUT2D eigenvalue weighted by Gasteiger charge is 2.34. The van der Waals surface area contributed by atoms with Crippen molar-refractivity contribution in [1.82, 2.24) is 10.2 Å². The first-order valence-electron chi connectivity index (χ1n) is 8.98. The quantitative estimate of drug-likeness (QED) is 0.614. The van der Waals surface area contributed by atoms with Gasteiger partial charge >= 0.3 is 0 Å². The molecule has 6 nitrogen and oxygen atoms in total. The standard InChI is InChI=1S/C21H18Cl2N2O4S/c1-29-14-7-5-13(6-8-14)11-18-20(27)25(21(28)30-18)10-9-24-19(26)12-15-16(22)3-2-4-17(15)23/h2-8,11H,9-10,12H2,1H3,(H,24,26). The molecule has 30 heavy (non-hydrogen) atoms. The van der Waals surface area contributed by atoms with Crippen molar-refractivity contribution in [3.05, 3.63) is 68.5 Å². The SMILES string of the molecule is COc1ccc(C=C2SC(=O)N(CCNC(=O)Cc3c(Cl)cccc3Cl)C2=O)cc1. The molecule has 9 heteroatoms. The molecule has 0 radical (unpaired) electrons. The van der Waals surface area contributed by atoms with Crippen LogP contribution in [0.25, 0.3) is 6.08 Å². The van der Waals surface area contributed by atoms with Crippen molar-refractivity contribution in [3.63, 3.8) is 0 Å². The maximum absolute atomic E-state index is 12.5. The number of carbonyl (C=O) groups is 3. The van der Waals surface area contributed by atoms with E-state index in [2.05, 4.69) is 5.32 Å². The summed E-state index contributed by atoms with van der Waals surface area (Å²) in [5.41, 5.74) is 1.32. The average molecular weight is 465 g/mol. The molecule has 3 amide bonds. The van der Waals surface area contributed by atoms with Gasteiger partial charge in [-0.3, -0.25) is 19.3 Å². The Morgan fingerprint density at radius 1 is 1.13 bits per heavy atom. The van der Waals surface area contributed by atoms with Crippen LogP contribution in [0, 0.1) is 0 Å². The predicted molar refractivity (Wildman–Crippen MR) is 119 cm³/mol. The van der Waals surface area contributed by atoms with Crippen LogP contribution in [-0.4, -0.2) is 42.2 Å². The van der Waals surface area contributed by atoms with Gasteiger partial charge in [0.05, 0.1) is 18.4 Å². The molecule has 2 aromatic carbocycles. The van der Waals surface area contributed by atoms with Crippen LogP contribution in [0.5, 0.6) is 5.75 Å². The summed E-state index contributed by atoms with van der Waals surface area (Å²) in [6, 6.07) is 12.2. The van der Waals surface area contributed by atoms with Gasteiger partial charge in [-0.05, 0) is 53.2 Å². The lowest BCUT2D eigenvalue weighted by atomic mass is 10.1. The van der Waals surface area contributed by atoms with E-state index >= 15 is 0 Å². The lowest BCUT2D eigenvalue weighted by Crippen LogP contribution is -2.37. The summed E-state index contributed by atoms with van der Waals surface area (Å²) in [5, 5.41) is 3.13. The molecule has 1 fully saturated rings. The smallest absolute Gasteiger partial charge is 0.293 e. The van der Waals surface area contributed by atoms with Gasteiger partial charge in [-0.15, -0.1) is 0 Å². The van der Waals surface area contributed by atoms with Gasteiger partial charge in [0, 0.05) is 23.1 Å². The monoisotopic (exact) mass is 464 g/mol. The highest BCUT2D eigenvalue weighted by molar-refractivity contribution is 8.18. The summed E-state index contributed by atoms with van der Waals surface area (Å²) in [5.74, 6) is 0.0176. The minimum Gasteiger partial charge on any atom is -0.497 e. The van der Waals surface area contributed by atoms with Crippen LogP contribution in [0.1, 0.15) is 11.1 Å². The largest absolute Gasteiger partial charge is 0.497 e. The molecule has 1 aliphatic rings. The normalized spacial score (nSPS) is 15.0. The summed E-state index contributed by atoms with van der Waals surface area (Å²) < 4.78 is 5.10. The first kappa shape index (κ1) is 22.2. The Kier molecular flexibility index (Phi) is 7.42. The van der Waals surface area contributed by atoms with Crippen molar-refractivity contribution >= 4 is 58.1 Å².